The summed E-state index contributed by atoms with van der Waals surface area (Å²) in [5.41, 5.74) is 4.21. The van der Waals surface area contributed by atoms with Crippen molar-refractivity contribution in [1.82, 2.24) is 9.55 Å². The summed E-state index contributed by atoms with van der Waals surface area (Å²) < 4.78 is 21.4. The molecule has 0 saturated heterocycles. The van der Waals surface area contributed by atoms with E-state index in [0.29, 0.717) is 0 Å². The molecule has 1 aliphatic rings. The molecule has 112 valence electrons. The number of hydrogen-bond donors (Lipinski definition) is 0. The van der Waals surface area contributed by atoms with Gasteiger partial charge in [0.05, 0.1) is 5.52 Å². The van der Waals surface area contributed by atoms with Gasteiger partial charge in [-0.05, 0) is 49.1 Å². The molecule has 0 N–H and O–H groups in total. The first-order chi connectivity index (χ1) is 10.6. The smallest absolute Gasteiger partial charge is 0.151 e. The first-order valence-corrected chi connectivity index (χ1v) is 7.50. The molecule has 0 fully saturated rings. The van der Waals surface area contributed by atoms with E-state index in [-0.39, 0.29) is 11.9 Å². The maximum absolute atomic E-state index is 13.1. The molecule has 0 saturated carbocycles. The van der Waals surface area contributed by atoms with Gasteiger partial charge in [-0.1, -0.05) is 18.2 Å². The fraction of sp³-hybridized carbons (Fsp3) is 0.278. The Balaban J connectivity index is 1.78. The molecule has 4 rings (SSSR count). The number of ether oxygens (including phenoxy) is 1. The second-order valence-electron chi connectivity index (χ2n) is 5.84. The van der Waals surface area contributed by atoms with E-state index in [1.165, 1.54) is 17.7 Å². The Labute approximate surface area is 128 Å². The Bertz CT molecular complexity index is 852. The van der Waals surface area contributed by atoms with Crippen LogP contribution < -0.4 is 4.74 Å². The Hall–Kier alpha value is -2.36. The van der Waals surface area contributed by atoms with Crippen molar-refractivity contribution < 1.29 is 9.13 Å². The van der Waals surface area contributed by atoms with Crippen molar-refractivity contribution in [3.63, 3.8) is 0 Å². The monoisotopic (exact) mass is 296 g/mol. The molecule has 0 bridgehead atoms. The Kier molecular flexibility index (Phi) is 2.93. The molecule has 0 aliphatic carbocycles. The van der Waals surface area contributed by atoms with Crippen molar-refractivity contribution in [2.24, 2.45) is 7.05 Å². The number of fused-ring (bicyclic) bond motifs is 3. The molecule has 2 heterocycles. The summed E-state index contributed by atoms with van der Waals surface area (Å²) in [6, 6.07) is 10.8. The molecule has 0 spiro atoms. The van der Waals surface area contributed by atoms with Crippen LogP contribution in [0.2, 0.25) is 0 Å². The molecule has 0 radical (unpaired) electrons. The largest absolute Gasteiger partial charge is 0.483 e. The van der Waals surface area contributed by atoms with Crippen LogP contribution in [0.15, 0.2) is 36.4 Å². The van der Waals surface area contributed by atoms with Gasteiger partial charge >= 0.3 is 0 Å². The highest BCUT2D eigenvalue weighted by Crippen LogP contribution is 2.39. The highest BCUT2D eigenvalue weighted by molar-refractivity contribution is 5.84. The highest BCUT2D eigenvalue weighted by Gasteiger charge is 2.24. The molecule has 4 heteroatoms. The van der Waals surface area contributed by atoms with Crippen LogP contribution in [0.1, 0.15) is 29.5 Å². The van der Waals surface area contributed by atoms with Crippen LogP contribution >= 0.6 is 0 Å². The summed E-state index contributed by atoms with van der Waals surface area (Å²) in [4.78, 5) is 4.65. The zero-order valence-corrected chi connectivity index (χ0v) is 12.6. The van der Waals surface area contributed by atoms with Crippen molar-refractivity contribution in [3.8, 4) is 5.75 Å². The van der Waals surface area contributed by atoms with Gasteiger partial charge in [-0.15, -0.1) is 0 Å². The summed E-state index contributed by atoms with van der Waals surface area (Å²) in [5.74, 6) is 1.63. The third kappa shape index (κ3) is 1.98. The van der Waals surface area contributed by atoms with Crippen molar-refractivity contribution in [1.29, 1.82) is 0 Å². The van der Waals surface area contributed by atoms with E-state index in [0.717, 1.165) is 41.0 Å². The summed E-state index contributed by atoms with van der Waals surface area (Å²) in [5, 5.41) is 0. The summed E-state index contributed by atoms with van der Waals surface area (Å²) in [6.07, 6.45) is 1.81. The average Bonchev–Trinajstić information content (AvgIpc) is 2.83. The number of aromatic nitrogens is 2. The predicted molar refractivity (Wildman–Crippen MR) is 83.5 cm³/mol. The van der Waals surface area contributed by atoms with Gasteiger partial charge in [0.25, 0.3) is 0 Å². The lowest BCUT2D eigenvalue weighted by molar-refractivity contribution is 0.179. The van der Waals surface area contributed by atoms with E-state index < -0.39 is 0 Å². The summed E-state index contributed by atoms with van der Waals surface area (Å²) in [6.45, 7) is 1.99. The van der Waals surface area contributed by atoms with Gasteiger partial charge in [0.2, 0.25) is 0 Å². The molecule has 3 aromatic rings. The zero-order valence-electron chi connectivity index (χ0n) is 12.6. The van der Waals surface area contributed by atoms with E-state index in [2.05, 4.69) is 21.7 Å². The first-order valence-electron chi connectivity index (χ1n) is 7.50. The number of imidazole rings is 1. The Morgan fingerprint density at radius 1 is 1.18 bits per heavy atom. The molecule has 1 atom stereocenters. The lowest BCUT2D eigenvalue weighted by Gasteiger charge is -2.26. The van der Waals surface area contributed by atoms with Crippen LogP contribution in [0, 0.1) is 12.7 Å². The van der Waals surface area contributed by atoms with Gasteiger partial charge in [-0.2, -0.15) is 0 Å². The van der Waals surface area contributed by atoms with Crippen LogP contribution in [-0.4, -0.2) is 9.55 Å². The number of nitrogens with zero attached hydrogens (tertiary/aromatic N) is 2. The van der Waals surface area contributed by atoms with Gasteiger partial charge in [-0.3, -0.25) is 0 Å². The fourth-order valence-corrected chi connectivity index (χ4v) is 3.12. The topological polar surface area (TPSA) is 27.1 Å². The molecule has 0 amide bonds. The van der Waals surface area contributed by atoms with Gasteiger partial charge in [0.1, 0.15) is 23.3 Å². The highest BCUT2D eigenvalue weighted by atomic mass is 19.1. The minimum Gasteiger partial charge on any atom is -0.483 e. The number of rotatable bonds is 1. The van der Waals surface area contributed by atoms with Gasteiger partial charge in [-0.25, -0.2) is 9.37 Å². The van der Waals surface area contributed by atoms with E-state index in [1.807, 2.05) is 14.0 Å². The number of hydrogen-bond acceptors (Lipinski definition) is 2. The quantitative estimate of drug-likeness (QED) is 0.676. The van der Waals surface area contributed by atoms with Crippen molar-refractivity contribution >= 4 is 11.0 Å². The zero-order chi connectivity index (χ0) is 15.3. The van der Waals surface area contributed by atoms with Crippen molar-refractivity contribution in [3.05, 3.63) is 59.2 Å². The third-order valence-corrected chi connectivity index (χ3v) is 4.49. The molecule has 1 aromatic heterocycles. The van der Waals surface area contributed by atoms with Crippen LogP contribution in [-0.2, 0) is 13.5 Å². The summed E-state index contributed by atoms with van der Waals surface area (Å²) >= 11 is 0. The average molecular weight is 296 g/mol. The SMILES string of the molecule is Cc1nc2c3c(ccc2n1C)CC[C@@H](c1ccc(F)cc1)O3. The minimum atomic E-state index is -0.220. The number of halogens is 1. The third-order valence-electron chi connectivity index (χ3n) is 4.49. The van der Waals surface area contributed by atoms with Gasteiger partial charge in [0, 0.05) is 7.05 Å². The van der Waals surface area contributed by atoms with Crippen LogP contribution in [0.3, 0.4) is 0 Å². The van der Waals surface area contributed by atoms with E-state index in [1.54, 1.807) is 12.1 Å². The normalized spacial score (nSPS) is 17.3. The lowest BCUT2D eigenvalue weighted by atomic mass is 9.97. The second-order valence-corrected chi connectivity index (χ2v) is 5.84. The number of benzene rings is 2. The van der Waals surface area contributed by atoms with E-state index >= 15 is 0 Å². The fourth-order valence-electron chi connectivity index (χ4n) is 3.12. The maximum Gasteiger partial charge on any atom is 0.151 e. The van der Waals surface area contributed by atoms with E-state index in [9.17, 15) is 4.39 Å². The Morgan fingerprint density at radius 3 is 2.73 bits per heavy atom. The van der Waals surface area contributed by atoms with Crippen molar-refractivity contribution in [2.75, 3.05) is 0 Å². The first kappa shape index (κ1) is 13.3. The number of aryl methyl sites for hydroxylation is 3. The standard InChI is InChI=1S/C18H17FN2O/c1-11-20-17-15(21(11)2)9-5-13-6-10-16(22-18(13)17)12-3-7-14(19)8-4-12/h3-5,7-9,16H,6,10H2,1-2H3/t16-/m0/s1. The molecule has 1 aliphatic heterocycles. The van der Waals surface area contributed by atoms with Crippen LogP contribution in [0.4, 0.5) is 4.39 Å². The minimum absolute atomic E-state index is 0.0407. The molecular weight excluding hydrogens is 279 g/mol. The molecule has 0 unspecified atom stereocenters. The maximum atomic E-state index is 13.1. The second kappa shape index (κ2) is 4.83. The predicted octanol–water partition coefficient (Wildman–Crippen LogP) is 4.09. The van der Waals surface area contributed by atoms with Crippen LogP contribution in [0.5, 0.6) is 5.75 Å². The van der Waals surface area contributed by atoms with Crippen LogP contribution in [0.25, 0.3) is 11.0 Å². The molecular formula is C18H17FN2O. The molecule has 2 aromatic carbocycles. The van der Waals surface area contributed by atoms with Crippen molar-refractivity contribution in [2.45, 2.75) is 25.9 Å². The molecule has 22 heavy (non-hydrogen) atoms. The van der Waals surface area contributed by atoms with E-state index in [4.69, 9.17) is 4.74 Å². The lowest BCUT2D eigenvalue weighted by Crippen LogP contribution is -2.15. The molecule has 3 nitrogen and oxygen atoms in total. The van der Waals surface area contributed by atoms with Gasteiger partial charge in [0.15, 0.2) is 5.75 Å². The van der Waals surface area contributed by atoms with Gasteiger partial charge < -0.3 is 9.30 Å². The Morgan fingerprint density at radius 2 is 1.95 bits per heavy atom. The summed E-state index contributed by atoms with van der Waals surface area (Å²) in [7, 11) is 2.01.